The van der Waals surface area contributed by atoms with Crippen molar-refractivity contribution in [2.24, 2.45) is 5.73 Å². The highest BCUT2D eigenvalue weighted by Gasteiger charge is 2.31. The summed E-state index contributed by atoms with van der Waals surface area (Å²) in [6.45, 7) is 2.24. The molecule has 8 heteroatoms. The average molecular weight is 319 g/mol. The number of halogens is 3. The van der Waals surface area contributed by atoms with Gasteiger partial charge in [0.25, 0.3) is 0 Å². The summed E-state index contributed by atoms with van der Waals surface area (Å²) in [7, 11) is 1.58. The molecule has 0 heterocycles. The lowest BCUT2D eigenvalue weighted by Crippen LogP contribution is -2.35. The fourth-order valence-electron chi connectivity index (χ4n) is 1.80. The Bertz CT molecular complexity index is 546. The Morgan fingerprint density at radius 1 is 1.43 bits per heavy atom. The number of hydrogen-bond acceptors (Lipinski definition) is 3. The van der Waals surface area contributed by atoms with Crippen LogP contribution in [0.3, 0.4) is 0 Å². The molecule has 0 unspecified atom stereocenters. The number of anilines is 1. The van der Waals surface area contributed by atoms with Crippen LogP contribution in [0.1, 0.15) is 18.1 Å². The predicted octanol–water partition coefficient (Wildman–Crippen LogP) is 1.91. The standard InChI is InChI=1S/C13H16F3N3OS/c1-3-18-11(20)7-19(2)10-5-4-8(13(14,15)16)6-9(10)12(17)21/h4-6H,3,7H2,1-2H3,(H2,17,21)(H,18,20). The Balaban J connectivity index is 3.12. The number of rotatable bonds is 5. The lowest BCUT2D eigenvalue weighted by atomic mass is 10.1. The topological polar surface area (TPSA) is 58.4 Å². The summed E-state index contributed by atoms with van der Waals surface area (Å²) in [4.78, 5) is 12.9. The number of nitrogens with zero attached hydrogens (tertiary/aromatic N) is 1. The number of benzene rings is 1. The second kappa shape index (κ2) is 6.75. The number of carbonyl (C=O) groups is 1. The van der Waals surface area contributed by atoms with E-state index in [2.05, 4.69) is 5.32 Å². The van der Waals surface area contributed by atoms with Gasteiger partial charge in [0.05, 0.1) is 12.1 Å². The molecule has 1 aromatic rings. The molecule has 0 fully saturated rings. The second-order valence-electron chi connectivity index (χ2n) is 4.40. The van der Waals surface area contributed by atoms with Crippen LogP contribution in [0.2, 0.25) is 0 Å². The number of carbonyl (C=O) groups excluding carboxylic acids is 1. The van der Waals surface area contributed by atoms with Crippen molar-refractivity contribution in [3.05, 3.63) is 29.3 Å². The Kier molecular flexibility index (Phi) is 5.54. The minimum atomic E-state index is -4.48. The van der Waals surface area contributed by atoms with Gasteiger partial charge in [0.2, 0.25) is 5.91 Å². The van der Waals surface area contributed by atoms with E-state index in [1.54, 1.807) is 14.0 Å². The molecule has 0 radical (unpaired) electrons. The van der Waals surface area contributed by atoms with E-state index in [4.69, 9.17) is 18.0 Å². The summed E-state index contributed by atoms with van der Waals surface area (Å²) in [6.07, 6.45) is -4.48. The first-order chi connectivity index (χ1) is 9.66. The van der Waals surface area contributed by atoms with E-state index in [1.165, 1.54) is 11.0 Å². The number of thiocarbonyl (C=S) groups is 1. The zero-order valence-corrected chi connectivity index (χ0v) is 12.4. The summed E-state index contributed by atoms with van der Waals surface area (Å²) >= 11 is 4.80. The molecular weight excluding hydrogens is 303 g/mol. The van der Waals surface area contributed by atoms with E-state index < -0.39 is 11.7 Å². The van der Waals surface area contributed by atoms with Crippen LogP contribution in [-0.4, -0.2) is 31.0 Å². The minimum Gasteiger partial charge on any atom is -0.389 e. The molecule has 4 nitrogen and oxygen atoms in total. The number of nitrogens with two attached hydrogens (primary N) is 1. The maximum Gasteiger partial charge on any atom is 0.416 e. The molecule has 1 rings (SSSR count). The van der Waals surface area contributed by atoms with Crippen molar-refractivity contribution in [3.8, 4) is 0 Å². The number of amides is 1. The Morgan fingerprint density at radius 3 is 2.52 bits per heavy atom. The van der Waals surface area contributed by atoms with Crippen LogP contribution in [0.4, 0.5) is 18.9 Å². The molecule has 1 aromatic carbocycles. The van der Waals surface area contributed by atoms with Crippen LogP contribution in [0.25, 0.3) is 0 Å². The van der Waals surface area contributed by atoms with Crippen molar-refractivity contribution in [2.75, 3.05) is 25.0 Å². The lowest BCUT2D eigenvalue weighted by Gasteiger charge is -2.22. The molecule has 21 heavy (non-hydrogen) atoms. The van der Waals surface area contributed by atoms with Crippen LogP contribution in [0.15, 0.2) is 18.2 Å². The van der Waals surface area contributed by atoms with Gasteiger partial charge in [-0.05, 0) is 25.1 Å². The van der Waals surface area contributed by atoms with Gasteiger partial charge in [0.15, 0.2) is 0 Å². The van der Waals surface area contributed by atoms with Crippen molar-refractivity contribution in [3.63, 3.8) is 0 Å². The van der Waals surface area contributed by atoms with E-state index in [-0.39, 0.29) is 23.0 Å². The molecule has 0 aliphatic rings. The summed E-state index contributed by atoms with van der Waals surface area (Å²) in [5, 5.41) is 2.61. The average Bonchev–Trinajstić information content (AvgIpc) is 2.36. The third-order valence-electron chi connectivity index (χ3n) is 2.76. The van der Waals surface area contributed by atoms with Gasteiger partial charge in [-0.3, -0.25) is 4.79 Å². The van der Waals surface area contributed by atoms with Crippen LogP contribution < -0.4 is 16.0 Å². The largest absolute Gasteiger partial charge is 0.416 e. The van der Waals surface area contributed by atoms with Gasteiger partial charge >= 0.3 is 6.18 Å². The van der Waals surface area contributed by atoms with E-state index in [0.29, 0.717) is 12.2 Å². The molecule has 116 valence electrons. The first-order valence-electron chi connectivity index (χ1n) is 6.15. The maximum atomic E-state index is 12.7. The zero-order chi connectivity index (χ0) is 16.2. The number of hydrogen-bond donors (Lipinski definition) is 2. The van der Waals surface area contributed by atoms with Crippen LogP contribution >= 0.6 is 12.2 Å². The molecule has 1 amide bonds. The van der Waals surface area contributed by atoms with Gasteiger partial charge in [-0.25, -0.2) is 0 Å². The van der Waals surface area contributed by atoms with Gasteiger partial charge in [0.1, 0.15) is 4.99 Å². The zero-order valence-electron chi connectivity index (χ0n) is 11.6. The third-order valence-corrected chi connectivity index (χ3v) is 2.98. The quantitative estimate of drug-likeness (QED) is 0.814. The van der Waals surface area contributed by atoms with Gasteiger partial charge < -0.3 is 16.0 Å². The van der Waals surface area contributed by atoms with Gasteiger partial charge in [-0.1, -0.05) is 12.2 Å². The SMILES string of the molecule is CCNC(=O)CN(C)c1ccc(C(F)(F)F)cc1C(N)=S. The Morgan fingerprint density at radius 2 is 2.05 bits per heavy atom. The lowest BCUT2D eigenvalue weighted by molar-refractivity contribution is -0.137. The van der Waals surface area contributed by atoms with E-state index >= 15 is 0 Å². The van der Waals surface area contributed by atoms with Gasteiger partial charge in [-0.15, -0.1) is 0 Å². The molecule has 0 aliphatic heterocycles. The van der Waals surface area contributed by atoms with Crippen LogP contribution in [0, 0.1) is 0 Å². The second-order valence-corrected chi connectivity index (χ2v) is 4.84. The molecule has 0 saturated carbocycles. The van der Waals surface area contributed by atoms with Crippen molar-refractivity contribution in [2.45, 2.75) is 13.1 Å². The van der Waals surface area contributed by atoms with Gasteiger partial charge in [-0.2, -0.15) is 13.2 Å². The number of alkyl halides is 3. The van der Waals surface area contributed by atoms with Crippen molar-refractivity contribution in [1.82, 2.24) is 5.32 Å². The summed E-state index contributed by atoms with van der Waals surface area (Å²) < 4.78 is 38.1. The van der Waals surface area contributed by atoms with E-state index in [1.807, 2.05) is 0 Å². The smallest absolute Gasteiger partial charge is 0.389 e. The summed E-state index contributed by atoms with van der Waals surface area (Å²) in [5.74, 6) is -0.242. The molecule has 0 aromatic heterocycles. The summed E-state index contributed by atoms with van der Waals surface area (Å²) in [6, 6.07) is 3.09. The highest BCUT2D eigenvalue weighted by molar-refractivity contribution is 7.80. The summed E-state index contributed by atoms with van der Waals surface area (Å²) in [5.41, 5.74) is 5.12. The third kappa shape index (κ3) is 4.59. The van der Waals surface area contributed by atoms with Gasteiger partial charge in [0, 0.05) is 24.8 Å². The first kappa shape index (κ1) is 17.2. The van der Waals surface area contributed by atoms with Crippen LogP contribution in [0.5, 0.6) is 0 Å². The molecule has 0 aliphatic carbocycles. The highest BCUT2D eigenvalue weighted by atomic mass is 32.1. The maximum absolute atomic E-state index is 12.7. The molecular formula is C13H16F3N3OS. The first-order valence-corrected chi connectivity index (χ1v) is 6.56. The molecule has 0 bridgehead atoms. The predicted molar refractivity (Wildman–Crippen MR) is 79.3 cm³/mol. The number of likely N-dealkylation sites (N-methyl/N-ethyl adjacent to an activating group) is 2. The highest BCUT2D eigenvalue weighted by Crippen LogP contribution is 2.32. The Hall–Kier alpha value is -1.83. The molecule has 0 spiro atoms. The molecule has 0 atom stereocenters. The number of nitrogens with one attached hydrogen (secondary N) is 1. The van der Waals surface area contributed by atoms with E-state index in [0.717, 1.165) is 12.1 Å². The van der Waals surface area contributed by atoms with Crippen molar-refractivity contribution in [1.29, 1.82) is 0 Å². The fraction of sp³-hybridized carbons (Fsp3) is 0.385. The monoisotopic (exact) mass is 319 g/mol. The van der Waals surface area contributed by atoms with Crippen molar-refractivity contribution >= 4 is 28.8 Å². The molecule has 0 saturated heterocycles. The van der Waals surface area contributed by atoms with Crippen LogP contribution in [-0.2, 0) is 11.0 Å². The van der Waals surface area contributed by atoms with Crippen molar-refractivity contribution < 1.29 is 18.0 Å². The minimum absolute atomic E-state index is 0.00514. The van der Waals surface area contributed by atoms with E-state index in [9.17, 15) is 18.0 Å². The normalized spacial score (nSPS) is 11.1. The Labute approximate surface area is 126 Å². The molecule has 3 N–H and O–H groups in total. The fourth-order valence-corrected chi connectivity index (χ4v) is 1.96.